The normalized spacial score (nSPS) is 14.3. The summed E-state index contributed by atoms with van der Waals surface area (Å²) in [5.74, 6) is 1.60. The minimum absolute atomic E-state index is 0.123. The van der Waals surface area contributed by atoms with E-state index in [0.717, 1.165) is 5.56 Å². The van der Waals surface area contributed by atoms with E-state index in [1.54, 1.807) is 26.0 Å². The predicted molar refractivity (Wildman–Crippen MR) is 82.1 cm³/mol. The highest BCUT2D eigenvalue weighted by Gasteiger charge is 2.28. The van der Waals surface area contributed by atoms with Crippen LogP contribution in [0.25, 0.3) is 0 Å². The van der Waals surface area contributed by atoms with Gasteiger partial charge in [-0.1, -0.05) is 11.2 Å². The summed E-state index contributed by atoms with van der Waals surface area (Å²) in [4.78, 5) is 0.123. The van der Waals surface area contributed by atoms with Crippen LogP contribution in [0.1, 0.15) is 17.0 Å². The number of rotatable bonds is 4. The SMILES string of the molecule is Cc1noc(C)c1S(=O)(=O)N(C)Cc1ccc2c(c1)OCCO2. The number of fused-ring (bicyclic) bond motifs is 1. The first-order valence-electron chi connectivity index (χ1n) is 7.17. The highest BCUT2D eigenvalue weighted by Crippen LogP contribution is 2.31. The molecule has 124 valence electrons. The average molecular weight is 338 g/mol. The summed E-state index contributed by atoms with van der Waals surface area (Å²) >= 11 is 0. The Balaban J connectivity index is 1.85. The van der Waals surface area contributed by atoms with Crippen molar-refractivity contribution in [1.82, 2.24) is 9.46 Å². The van der Waals surface area contributed by atoms with Gasteiger partial charge in [-0.25, -0.2) is 8.42 Å². The number of hydrogen-bond donors (Lipinski definition) is 0. The van der Waals surface area contributed by atoms with Gasteiger partial charge in [-0.2, -0.15) is 4.31 Å². The van der Waals surface area contributed by atoms with Crippen molar-refractivity contribution in [3.8, 4) is 11.5 Å². The summed E-state index contributed by atoms with van der Waals surface area (Å²) in [6, 6.07) is 5.42. The summed E-state index contributed by atoms with van der Waals surface area (Å²) in [6.45, 7) is 4.42. The Bertz CT molecular complexity index is 809. The minimum atomic E-state index is -3.67. The summed E-state index contributed by atoms with van der Waals surface area (Å²) in [6.07, 6.45) is 0. The molecule has 3 rings (SSSR count). The number of aromatic nitrogens is 1. The third-order valence-electron chi connectivity index (χ3n) is 3.65. The van der Waals surface area contributed by atoms with Crippen LogP contribution in [0, 0.1) is 13.8 Å². The van der Waals surface area contributed by atoms with E-state index in [9.17, 15) is 8.42 Å². The average Bonchev–Trinajstić information content (AvgIpc) is 2.86. The zero-order valence-electron chi connectivity index (χ0n) is 13.2. The monoisotopic (exact) mass is 338 g/mol. The molecule has 2 aromatic rings. The van der Waals surface area contributed by atoms with Gasteiger partial charge in [0.15, 0.2) is 17.3 Å². The van der Waals surface area contributed by atoms with E-state index in [1.165, 1.54) is 11.4 Å². The predicted octanol–water partition coefficient (Wildman–Crippen LogP) is 1.88. The third-order valence-corrected chi connectivity index (χ3v) is 5.70. The van der Waals surface area contributed by atoms with Crippen LogP contribution in [0.2, 0.25) is 0 Å². The maximum absolute atomic E-state index is 12.7. The second kappa shape index (κ2) is 5.86. The Morgan fingerprint density at radius 1 is 1.17 bits per heavy atom. The molecule has 0 unspecified atom stereocenters. The molecule has 0 amide bonds. The van der Waals surface area contributed by atoms with Crippen molar-refractivity contribution >= 4 is 10.0 Å². The maximum atomic E-state index is 12.7. The lowest BCUT2D eigenvalue weighted by atomic mass is 10.2. The Kier molecular flexibility index (Phi) is 4.03. The lowest BCUT2D eigenvalue weighted by Gasteiger charge is -2.21. The van der Waals surface area contributed by atoms with Gasteiger partial charge in [-0.05, 0) is 31.5 Å². The van der Waals surface area contributed by atoms with Crippen LogP contribution in [0.15, 0.2) is 27.6 Å². The molecule has 0 spiro atoms. The molecule has 0 radical (unpaired) electrons. The van der Waals surface area contributed by atoms with Crippen molar-refractivity contribution in [2.45, 2.75) is 25.3 Å². The van der Waals surface area contributed by atoms with Gasteiger partial charge in [0.1, 0.15) is 23.8 Å². The van der Waals surface area contributed by atoms with Crippen LogP contribution in [0.5, 0.6) is 11.5 Å². The Morgan fingerprint density at radius 3 is 2.52 bits per heavy atom. The van der Waals surface area contributed by atoms with Crippen LogP contribution >= 0.6 is 0 Å². The molecule has 2 heterocycles. The first kappa shape index (κ1) is 15.8. The van der Waals surface area contributed by atoms with E-state index < -0.39 is 10.0 Å². The molecule has 1 aromatic heterocycles. The molecule has 1 aliphatic rings. The van der Waals surface area contributed by atoms with E-state index in [-0.39, 0.29) is 17.2 Å². The summed E-state index contributed by atoms with van der Waals surface area (Å²) in [7, 11) is -2.15. The fourth-order valence-electron chi connectivity index (χ4n) is 2.53. The standard InChI is InChI=1S/C15H18N2O5S/c1-10-15(11(2)22-16-10)23(18,19)17(3)9-12-4-5-13-14(8-12)21-7-6-20-13/h4-5,8H,6-7,9H2,1-3H3. The van der Waals surface area contributed by atoms with E-state index in [0.29, 0.717) is 30.4 Å². The summed E-state index contributed by atoms with van der Waals surface area (Å²) < 4.78 is 42.6. The molecule has 0 fully saturated rings. The van der Waals surface area contributed by atoms with Gasteiger partial charge in [0.25, 0.3) is 0 Å². The topological polar surface area (TPSA) is 81.9 Å². The molecule has 0 aliphatic carbocycles. The summed E-state index contributed by atoms with van der Waals surface area (Å²) in [5.41, 5.74) is 1.17. The molecule has 0 bridgehead atoms. The number of benzene rings is 1. The fourth-order valence-corrected chi connectivity index (χ4v) is 3.97. The van der Waals surface area contributed by atoms with E-state index in [1.807, 2.05) is 6.07 Å². The van der Waals surface area contributed by atoms with Gasteiger partial charge in [0.05, 0.1) is 0 Å². The van der Waals surface area contributed by atoms with Gasteiger partial charge in [0.2, 0.25) is 10.0 Å². The lowest BCUT2D eigenvalue weighted by Crippen LogP contribution is -2.27. The molecule has 8 heteroatoms. The third kappa shape index (κ3) is 2.91. The zero-order valence-corrected chi connectivity index (χ0v) is 14.0. The lowest BCUT2D eigenvalue weighted by molar-refractivity contribution is 0.171. The van der Waals surface area contributed by atoms with Crippen molar-refractivity contribution in [3.63, 3.8) is 0 Å². The van der Waals surface area contributed by atoms with E-state index >= 15 is 0 Å². The molecule has 7 nitrogen and oxygen atoms in total. The molecule has 0 atom stereocenters. The first-order valence-corrected chi connectivity index (χ1v) is 8.61. The molecule has 23 heavy (non-hydrogen) atoms. The molecule has 0 saturated carbocycles. The maximum Gasteiger partial charge on any atom is 0.248 e. The molecular weight excluding hydrogens is 320 g/mol. The first-order chi connectivity index (χ1) is 10.9. The van der Waals surface area contributed by atoms with Crippen LogP contribution in [-0.4, -0.2) is 38.1 Å². The van der Waals surface area contributed by atoms with Crippen molar-refractivity contribution in [2.24, 2.45) is 0 Å². The Hall–Kier alpha value is -2.06. The van der Waals surface area contributed by atoms with E-state index in [4.69, 9.17) is 14.0 Å². The number of aryl methyl sites for hydroxylation is 2. The van der Waals surface area contributed by atoms with E-state index in [2.05, 4.69) is 5.16 Å². The molecule has 0 saturated heterocycles. The van der Waals surface area contributed by atoms with Crippen LogP contribution in [0.4, 0.5) is 0 Å². The summed E-state index contributed by atoms with van der Waals surface area (Å²) in [5, 5.41) is 3.71. The van der Waals surface area contributed by atoms with Gasteiger partial charge in [0, 0.05) is 13.6 Å². The molecule has 0 N–H and O–H groups in total. The van der Waals surface area contributed by atoms with Gasteiger partial charge in [-0.3, -0.25) is 0 Å². The minimum Gasteiger partial charge on any atom is -0.486 e. The largest absolute Gasteiger partial charge is 0.486 e. The molecule has 1 aliphatic heterocycles. The second-order valence-corrected chi connectivity index (χ2v) is 7.37. The fraction of sp³-hybridized carbons (Fsp3) is 0.400. The molecule has 1 aromatic carbocycles. The van der Waals surface area contributed by atoms with Gasteiger partial charge >= 0.3 is 0 Å². The van der Waals surface area contributed by atoms with Crippen molar-refractivity contribution in [1.29, 1.82) is 0 Å². The number of nitrogens with zero attached hydrogens (tertiary/aromatic N) is 2. The van der Waals surface area contributed by atoms with Crippen molar-refractivity contribution in [3.05, 3.63) is 35.2 Å². The molecular formula is C15H18N2O5S. The highest BCUT2D eigenvalue weighted by atomic mass is 32.2. The smallest absolute Gasteiger partial charge is 0.248 e. The number of ether oxygens (including phenoxy) is 2. The van der Waals surface area contributed by atoms with Gasteiger partial charge in [-0.15, -0.1) is 0 Å². The zero-order chi connectivity index (χ0) is 16.6. The van der Waals surface area contributed by atoms with Crippen LogP contribution in [-0.2, 0) is 16.6 Å². The number of hydrogen-bond acceptors (Lipinski definition) is 6. The van der Waals surface area contributed by atoms with Crippen molar-refractivity contribution < 1.29 is 22.4 Å². The van der Waals surface area contributed by atoms with Gasteiger partial charge < -0.3 is 14.0 Å². The number of sulfonamides is 1. The van der Waals surface area contributed by atoms with Crippen LogP contribution in [0.3, 0.4) is 0 Å². The quantitative estimate of drug-likeness (QED) is 0.847. The highest BCUT2D eigenvalue weighted by molar-refractivity contribution is 7.89. The Labute approximate surface area is 134 Å². The van der Waals surface area contributed by atoms with Crippen LogP contribution < -0.4 is 9.47 Å². The van der Waals surface area contributed by atoms with Crippen molar-refractivity contribution in [2.75, 3.05) is 20.3 Å². The second-order valence-electron chi connectivity index (χ2n) is 5.39. The Morgan fingerprint density at radius 2 is 1.87 bits per heavy atom.